The largest absolute Gasteiger partial charge is 0.479 e. The minimum absolute atomic E-state index is 0.123. The first-order valence-corrected chi connectivity index (χ1v) is 11.0. The highest BCUT2D eigenvalue weighted by molar-refractivity contribution is 8.00. The Morgan fingerprint density at radius 3 is 2.59 bits per heavy atom. The second kappa shape index (κ2) is 9.54. The molecule has 10 nitrogen and oxygen atoms in total. The molecule has 1 aromatic carbocycles. The minimum Gasteiger partial charge on any atom is -0.479 e. The van der Waals surface area contributed by atoms with E-state index in [-0.39, 0.29) is 11.6 Å². The molecule has 2 aromatic rings. The second-order valence-electron chi connectivity index (χ2n) is 7.51. The van der Waals surface area contributed by atoms with E-state index in [9.17, 15) is 22.8 Å². The number of carbonyl (C=O) groups excluding carboxylic acids is 2. The fourth-order valence-corrected chi connectivity index (χ4v) is 4.73. The highest BCUT2D eigenvalue weighted by atomic mass is 32.2. The van der Waals surface area contributed by atoms with Gasteiger partial charge in [0.15, 0.2) is 0 Å². The fraction of sp³-hybridized carbons (Fsp3) is 0.400. The Balaban J connectivity index is 1.35. The Morgan fingerprint density at radius 2 is 1.94 bits per heavy atom. The molecule has 1 unspecified atom stereocenters. The van der Waals surface area contributed by atoms with Crippen LogP contribution in [-0.2, 0) is 17.5 Å². The SMILES string of the molecule is COc1ncnc2c1N(C(N)=O)C(OC(=O)N1CCN(Cc3cccc(C(F)(F)F)c3)CC1)S2. The maximum Gasteiger partial charge on any atom is 0.416 e. The molecule has 1 saturated heterocycles. The molecular weight excluding hydrogens is 477 g/mol. The molecule has 0 bridgehead atoms. The molecule has 14 heteroatoms. The molecule has 2 N–H and O–H groups in total. The Bertz CT molecular complexity index is 1080. The highest BCUT2D eigenvalue weighted by Gasteiger charge is 2.41. The fourth-order valence-electron chi connectivity index (χ4n) is 3.69. The predicted molar refractivity (Wildman–Crippen MR) is 115 cm³/mol. The van der Waals surface area contributed by atoms with Crippen molar-refractivity contribution in [2.45, 2.75) is 23.3 Å². The van der Waals surface area contributed by atoms with Gasteiger partial charge < -0.3 is 20.1 Å². The molecule has 1 aromatic heterocycles. The van der Waals surface area contributed by atoms with E-state index >= 15 is 0 Å². The molecular formula is C20H21F3N6O4S. The number of aromatic nitrogens is 2. The number of amides is 3. The molecule has 2 aliphatic rings. The number of urea groups is 1. The van der Waals surface area contributed by atoms with Crippen molar-refractivity contribution in [3.05, 3.63) is 41.7 Å². The summed E-state index contributed by atoms with van der Waals surface area (Å²) in [4.78, 5) is 37.3. The number of anilines is 1. The third-order valence-corrected chi connectivity index (χ3v) is 6.37. The van der Waals surface area contributed by atoms with Crippen LogP contribution in [0.4, 0.5) is 28.4 Å². The number of benzene rings is 1. The molecule has 0 radical (unpaired) electrons. The molecule has 3 heterocycles. The van der Waals surface area contributed by atoms with Crippen molar-refractivity contribution >= 4 is 29.6 Å². The average molecular weight is 498 g/mol. The van der Waals surface area contributed by atoms with E-state index < -0.39 is 29.4 Å². The number of halogens is 3. The van der Waals surface area contributed by atoms with Crippen LogP contribution in [-0.4, -0.2) is 70.7 Å². The van der Waals surface area contributed by atoms with Crippen LogP contribution in [0.2, 0.25) is 0 Å². The smallest absolute Gasteiger partial charge is 0.416 e. The summed E-state index contributed by atoms with van der Waals surface area (Å²) in [5.74, 6) is 0.123. The van der Waals surface area contributed by atoms with Crippen LogP contribution >= 0.6 is 11.8 Å². The lowest BCUT2D eigenvalue weighted by molar-refractivity contribution is -0.137. The molecule has 34 heavy (non-hydrogen) atoms. The van der Waals surface area contributed by atoms with Crippen molar-refractivity contribution in [1.29, 1.82) is 0 Å². The third-order valence-electron chi connectivity index (χ3n) is 5.34. The van der Waals surface area contributed by atoms with E-state index in [1.165, 1.54) is 24.4 Å². The van der Waals surface area contributed by atoms with Crippen LogP contribution in [0.15, 0.2) is 35.6 Å². The Labute approximate surface area is 196 Å². The molecule has 3 amide bonds. The zero-order chi connectivity index (χ0) is 24.5. The van der Waals surface area contributed by atoms with Gasteiger partial charge in [0.05, 0.1) is 12.7 Å². The van der Waals surface area contributed by atoms with Crippen LogP contribution in [0.25, 0.3) is 0 Å². The van der Waals surface area contributed by atoms with Crippen molar-refractivity contribution in [1.82, 2.24) is 19.8 Å². The number of fused-ring (bicyclic) bond motifs is 1. The molecule has 182 valence electrons. The number of primary amides is 1. The van der Waals surface area contributed by atoms with E-state index in [0.29, 0.717) is 43.3 Å². The van der Waals surface area contributed by atoms with Gasteiger partial charge in [0.1, 0.15) is 17.0 Å². The number of ether oxygens (including phenoxy) is 2. The number of nitrogens with zero attached hydrogens (tertiary/aromatic N) is 5. The van der Waals surface area contributed by atoms with Crippen molar-refractivity contribution in [2.75, 3.05) is 38.2 Å². The summed E-state index contributed by atoms with van der Waals surface area (Å²) in [6, 6.07) is 4.33. The lowest BCUT2D eigenvalue weighted by Gasteiger charge is -2.35. The van der Waals surface area contributed by atoms with E-state index in [1.54, 1.807) is 6.07 Å². The molecule has 0 spiro atoms. The van der Waals surface area contributed by atoms with E-state index in [0.717, 1.165) is 28.8 Å². The Kier molecular flexibility index (Phi) is 6.70. The van der Waals surface area contributed by atoms with Crippen molar-refractivity contribution in [3.8, 4) is 5.88 Å². The summed E-state index contributed by atoms with van der Waals surface area (Å²) in [7, 11) is 1.38. The topological polar surface area (TPSA) is 114 Å². The molecule has 0 aliphatic carbocycles. The summed E-state index contributed by atoms with van der Waals surface area (Å²) in [5.41, 5.74) is 4.49. The number of nitrogens with two attached hydrogens (primary N) is 1. The van der Waals surface area contributed by atoms with Crippen molar-refractivity contribution in [3.63, 3.8) is 0 Å². The quantitative estimate of drug-likeness (QED) is 0.641. The van der Waals surface area contributed by atoms with Gasteiger partial charge in [0.2, 0.25) is 11.4 Å². The standard InChI is InChI=1S/C20H21F3N6O4S/c1-32-15-14-16(26-11-25-15)34-19(29(14)17(24)30)33-18(31)28-7-5-27(6-8-28)10-12-3-2-4-13(9-12)20(21,22)23/h2-4,9,11,19H,5-8,10H2,1H3,(H2,24,30). The van der Waals surface area contributed by atoms with Crippen molar-refractivity contribution in [2.24, 2.45) is 5.73 Å². The first-order chi connectivity index (χ1) is 16.2. The minimum atomic E-state index is -4.40. The van der Waals surface area contributed by atoms with Gasteiger partial charge in [0, 0.05) is 32.7 Å². The zero-order valence-electron chi connectivity index (χ0n) is 18.0. The van der Waals surface area contributed by atoms with Gasteiger partial charge in [-0.05, 0) is 23.4 Å². The Hall–Kier alpha value is -3.26. The summed E-state index contributed by atoms with van der Waals surface area (Å²) in [6.45, 7) is 1.84. The van der Waals surface area contributed by atoms with E-state index in [4.69, 9.17) is 15.2 Å². The van der Waals surface area contributed by atoms with Crippen LogP contribution in [0, 0.1) is 0 Å². The normalized spacial score (nSPS) is 18.5. The van der Waals surface area contributed by atoms with Gasteiger partial charge in [-0.25, -0.2) is 19.5 Å². The number of alkyl halides is 3. The maximum absolute atomic E-state index is 12.9. The summed E-state index contributed by atoms with van der Waals surface area (Å²) in [5, 5.41) is 0.384. The summed E-state index contributed by atoms with van der Waals surface area (Å²) in [6.07, 6.45) is -3.79. The Morgan fingerprint density at radius 1 is 1.21 bits per heavy atom. The number of hydrogen-bond acceptors (Lipinski definition) is 8. The number of piperazine rings is 1. The van der Waals surface area contributed by atoms with Gasteiger partial charge >= 0.3 is 18.3 Å². The van der Waals surface area contributed by atoms with Gasteiger partial charge in [-0.3, -0.25) is 4.90 Å². The van der Waals surface area contributed by atoms with Crippen LogP contribution in [0.5, 0.6) is 5.88 Å². The summed E-state index contributed by atoms with van der Waals surface area (Å²) >= 11 is 1.02. The number of rotatable bonds is 4. The molecule has 1 atom stereocenters. The molecule has 4 rings (SSSR count). The number of methoxy groups -OCH3 is 1. The van der Waals surface area contributed by atoms with Crippen LogP contribution in [0.3, 0.4) is 0 Å². The number of carbonyl (C=O) groups is 2. The average Bonchev–Trinajstić information content (AvgIpc) is 3.17. The van der Waals surface area contributed by atoms with E-state index in [2.05, 4.69) is 9.97 Å². The van der Waals surface area contributed by atoms with Gasteiger partial charge in [-0.2, -0.15) is 18.2 Å². The van der Waals surface area contributed by atoms with Gasteiger partial charge in [-0.15, -0.1) is 0 Å². The first kappa shape index (κ1) is 23.9. The third kappa shape index (κ3) is 4.97. The molecule has 1 fully saturated rings. The van der Waals surface area contributed by atoms with Gasteiger partial charge in [-0.1, -0.05) is 18.2 Å². The van der Waals surface area contributed by atoms with Crippen LogP contribution < -0.4 is 15.4 Å². The summed E-state index contributed by atoms with van der Waals surface area (Å²) < 4.78 is 49.5. The lowest BCUT2D eigenvalue weighted by Crippen LogP contribution is -2.50. The highest BCUT2D eigenvalue weighted by Crippen LogP contribution is 2.46. The second-order valence-corrected chi connectivity index (χ2v) is 8.54. The zero-order valence-corrected chi connectivity index (χ0v) is 18.8. The number of hydrogen-bond donors (Lipinski definition) is 1. The lowest BCUT2D eigenvalue weighted by atomic mass is 10.1. The van der Waals surface area contributed by atoms with Crippen LogP contribution in [0.1, 0.15) is 11.1 Å². The first-order valence-electron chi connectivity index (χ1n) is 10.2. The monoisotopic (exact) mass is 498 g/mol. The molecule has 2 aliphatic heterocycles. The molecule has 0 saturated carbocycles. The van der Waals surface area contributed by atoms with Crippen molar-refractivity contribution < 1.29 is 32.2 Å². The number of thioether (sulfide) groups is 1. The maximum atomic E-state index is 12.9. The van der Waals surface area contributed by atoms with E-state index in [1.807, 2.05) is 4.90 Å². The predicted octanol–water partition coefficient (Wildman–Crippen LogP) is 2.73. The van der Waals surface area contributed by atoms with Gasteiger partial charge in [0.25, 0.3) is 0 Å².